The van der Waals surface area contributed by atoms with Gasteiger partial charge in [0, 0.05) is 13.1 Å². The molecule has 0 bridgehead atoms. The number of hydrogen-bond donors (Lipinski definition) is 1. The van der Waals surface area contributed by atoms with Crippen LogP contribution in [0.1, 0.15) is 6.92 Å². The predicted octanol–water partition coefficient (Wildman–Crippen LogP) is 0.402. The smallest absolute Gasteiger partial charge is 0.149 e. The molecule has 1 saturated heterocycles. The highest BCUT2D eigenvalue weighted by Gasteiger charge is 2.35. The van der Waals surface area contributed by atoms with E-state index in [1.54, 1.807) is 0 Å². The summed E-state index contributed by atoms with van der Waals surface area (Å²) in [5, 5.41) is 7.15. The topological polar surface area (TPSA) is 33.6 Å². The lowest BCUT2D eigenvalue weighted by Gasteiger charge is -2.02. The van der Waals surface area contributed by atoms with E-state index >= 15 is 0 Å². The van der Waals surface area contributed by atoms with E-state index in [1.165, 1.54) is 0 Å². The van der Waals surface area contributed by atoms with E-state index in [4.69, 9.17) is 4.84 Å². The SMILES string of the molecule is CC1=NO[C@@H]2CNC[C@H]12.Cl. The van der Waals surface area contributed by atoms with Crippen LogP contribution in [-0.4, -0.2) is 24.9 Å². The first kappa shape index (κ1) is 7.82. The van der Waals surface area contributed by atoms with Gasteiger partial charge in [0.1, 0.15) is 6.10 Å². The molecule has 0 aromatic carbocycles. The zero-order chi connectivity index (χ0) is 6.27. The van der Waals surface area contributed by atoms with E-state index in [2.05, 4.69) is 10.5 Å². The molecule has 2 atom stereocenters. The van der Waals surface area contributed by atoms with Gasteiger partial charge in [-0.3, -0.25) is 0 Å². The second-order valence-corrected chi connectivity index (χ2v) is 2.64. The highest BCUT2D eigenvalue weighted by molar-refractivity contribution is 5.86. The van der Waals surface area contributed by atoms with Crippen LogP contribution in [0.15, 0.2) is 5.16 Å². The molecule has 2 aliphatic heterocycles. The third-order valence-electron chi connectivity index (χ3n) is 2.03. The summed E-state index contributed by atoms with van der Waals surface area (Å²) in [4.78, 5) is 5.11. The van der Waals surface area contributed by atoms with Crippen LogP contribution < -0.4 is 5.32 Å². The first-order chi connectivity index (χ1) is 4.38. The zero-order valence-corrected chi connectivity index (χ0v) is 6.65. The van der Waals surface area contributed by atoms with Crippen molar-refractivity contribution in [2.75, 3.05) is 13.1 Å². The van der Waals surface area contributed by atoms with E-state index in [1.807, 2.05) is 6.92 Å². The summed E-state index contributed by atoms with van der Waals surface area (Å²) in [5.41, 5.74) is 1.14. The summed E-state index contributed by atoms with van der Waals surface area (Å²) < 4.78 is 0. The van der Waals surface area contributed by atoms with Crippen molar-refractivity contribution in [1.82, 2.24) is 5.32 Å². The zero-order valence-electron chi connectivity index (χ0n) is 5.83. The van der Waals surface area contributed by atoms with E-state index in [9.17, 15) is 0 Å². The number of halogens is 1. The Hall–Kier alpha value is -0.280. The van der Waals surface area contributed by atoms with Crippen molar-refractivity contribution in [3.8, 4) is 0 Å². The molecule has 3 nitrogen and oxygen atoms in total. The van der Waals surface area contributed by atoms with Gasteiger partial charge in [-0.05, 0) is 6.92 Å². The number of hydrogen-bond acceptors (Lipinski definition) is 3. The van der Waals surface area contributed by atoms with Gasteiger partial charge < -0.3 is 10.2 Å². The van der Waals surface area contributed by atoms with Crippen LogP contribution in [0.25, 0.3) is 0 Å². The molecule has 0 spiro atoms. The summed E-state index contributed by atoms with van der Waals surface area (Å²) in [7, 11) is 0. The maximum Gasteiger partial charge on any atom is 0.149 e. The molecule has 1 N–H and O–H groups in total. The van der Waals surface area contributed by atoms with Crippen molar-refractivity contribution in [3.63, 3.8) is 0 Å². The van der Waals surface area contributed by atoms with Crippen LogP contribution in [0, 0.1) is 5.92 Å². The second kappa shape index (κ2) is 2.76. The van der Waals surface area contributed by atoms with Crippen molar-refractivity contribution in [2.45, 2.75) is 13.0 Å². The average molecular weight is 163 g/mol. The predicted molar refractivity (Wildman–Crippen MR) is 41.6 cm³/mol. The number of oxime groups is 1. The van der Waals surface area contributed by atoms with E-state index in [0.29, 0.717) is 12.0 Å². The van der Waals surface area contributed by atoms with Gasteiger partial charge in [-0.15, -0.1) is 12.4 Å². The monoisotopic (exact) mass is 162 g/mol. The fourth-order valence-corrected chi connectivity index (χ4v) is 1.40. The van der Waals surface area contributed by atoms with Crippen LogP contribution in [0.4, 0.5) is 0 Å². The van der Waals surface area contributed by atoms with E-state index < -0.39 is 0 Å². The summed E-state index contributed by atoms with van der Waals surface area (Å²) in [6, 6.07) is 0. The molecule has 2 rings (SSSR count). The van der Waals surface area contributed by atoms with Gasteiger partial charge in [-0.25, -0.2) is 0 Å². The molecule has 0 saturated carbocycles. The molecule has 0 radical (unpaired) electrons. The number of nitrogens with zero attached hydrogens (tertiary/aromatic N) is 1. The molecule has 2 heterocycles. The summed E-state index contributed by atoms with van der Waals surface area (Å²) >= 11 is 0. The van der Waals surface area contributed by atoms with Gasteiger partial charge in [0.2, 0.25) is 0 Å². The first-order valence-electron chi connectivity index (χ1n) is 3.29. The van der Waals surface area contributed by atoms with Crippen LogP contribution in [0.2, 0.25) is 0 Å². The van der Waals surface area contributed by atoms with E-state index in [0.717, 1.165) is 18.8 Å². The maximum absolute atomic E-state index is 5.11. The highest BCUT2D eigenvalue weighted by Crippen LogP contribution is 2.20. The van der Waals surface area contributed by atoms with Gasteiger partial charge in [0.25, 0.3) is 0 Å². The van der Waals surface area contributed by atoms with Crippen molar-refractivity contribution in [1.29, 1.82) is 0 Å². The molecule has 2 aliphatic rings. The Morgan fingerprint density at radius 2 is 2.40 bits per heavy atom. The molecule has 10 heavy (non-hydrogen) atoms. The minimum Gasteiger partial charge on any atom is -0.390 e. The largest absolute Gasteiger partial charge is 0.390 e. The molecule has 0 aliphatic carbocycles. The molecule has 58 valence electrons. The molecule has 1 fully saturated rings. The molecule has 0 amide bonds. The van der Waals surface area contributed by atoms with Gasteiger partial charge >= 0.3 is 0 Å². The molecule has 0 aromatic rings. The Labute approximate surface area is 66.2 Å². The second-order valence-electron chi connectivity index (χ2n) is 2.64. The van der Waals surface area contributed by atoms with Crippen LogP contribution >= 0.6 is 12.4 Å². The van der Waals surface area contributed by atoms with Crippen molar-refractivity contribution in [3.05, 3.63) is 0 Å². The summed E-state index contributed by atoms with van der Waals surface area (Å²) in [5.74, 6) is 0.560. The minimum absolute atomic E-state index is 0. The Morgan fingerprint density at radius 1 is 1.60 bits per heavy atom. The molecule has 0 unspecified atom stereocenters. The highest BCUT2D eigenvalue weighted by atomic mass is 35.5. The Morgan fingerprint density at radius 3 is 3.10 bits per heavy atom. The third kappa shape index (κ3) is 0.995. The quantitative estimate of drug-likeness (QED) is 0.560. The molecular formula is C6H11ClN2O. The maximum atomic E-state index is 5.11. The van der Waals surface area contributed by atoms with Crippen LogP contribution in [0.3, 0.4) is 0 Å². The van der Waals surface area contributed by atoms with Crippen molar-refractivity contribution in [2.24, 2.45) is 11.1 Å². The Kier molecular flexibility index (Phi) is 2.16. The fraction of sp³-hybridized carbons (Fsp3) is 0.833. The van der Waals surface area contributed by atoms with Crippen molar-refractivity contribution >= 4 is 18.1 Å². The van der Waals surface area contributed by atoms with Gasteiger partial charge in [-0.1, -0.05) is 5.16 Å². The van der Waals surface area contributed by atoms with Crippen LogP contribution in [0.5, 0.6) is 0 Å². The number of fused-ring (bicyclic) bond motifs is 1. The van der Waals surface area contributed by atoms with Gasteiger partial charge in [0.05, 0.1) is 11.6 Å². The lowest BCUT2D eigenvalue weighted by molar-refractivity contribution is 0.0841. The number of rotatable bonds is 0. The summed E-state index contributed by atoms with van der Waals surface area (Å²) in [6.45, 7) is 4.03. The van der Waals surface area contributed by atoms with Crippen LogP contribution in [-0.2, 0) is 4.84 Å². The fourth-order valence-electron chi connectivity index (χ4n) is 1.40. The Balaban J connectivity index is 0.000000500. The van der Waals surface area contributed by atoms with Gasteiger partial charge in [0.15, 0.2) is 0 Å². The molecule has 4 heteroatoms. The first-order valence-corrected chi connectivity index (χ1v) is 3.29. The van der Waals surface area contributed by atoms with Crippen molar-refractivity contribution < 1.29 is 4.84 Å². The standard InChI is InChI=1S/C6H10N2O.ClH/c1-4-5-2-7-3-6(5)9-8-4;/h5-7H,2-3H2,1H3;1H/t5-,6-;/m1./s1. The minimum atomic E-state index is 0. The average Bonchev–Trinajstić information content (AvgIpc) is 2.35. The lowest BCUT2D eigenvalue weighted by atomic mass is 10.0. The molecule has 0 aromatic heterocycles. The molecular weight excluding hydrogens is 152 g/mol. The normalized spacial score (nSPS) is 35.9. The number of nitrogens with one attached hydrogen (secondary N) is 1. The van der Waals surface area contributed by atoms with E-state index in [-0.39, 0.29) is 12.4 Å². The van der Waals surface area contributed by atoms with Gasteiger partial charge in [-0.2, -0.15) is 0 Å². The lowest BCUT2D eigenvalue weighted by Crippen LogP contribution is -2.18. The Bertz CT molecular complexity index is 160. The third-order valence-corrected chi connectivity index (χ3v) is 2.03. The summed E-state index contributed by atoms with van der Waals surface area (Å²) in [6.07, 6.45) is 0.338.